The van der Waals surface area contributed by atoms with Crippen LogP contribution in [-0.4, -0.2) is 44.6 Å². The summed E-state index contributed by atoms with van der Waals surface area (Å²) in [4.78, 5) is 11.9. The first-order valence-electron chi connectivity index (χ1n) is 6.84. The quantitative estimate of drug-likeness (QED) is 0.768. The first-order valence-corrected chi connectivity index (χ1v) is 7.25. The molecule has 4 rings (SSSR count). The minimum Gasteiger partial charge on any atom is -0.343 e. The second kappa shape index (κ2) is 5.25. The molecule has 7 nitrogen and oxygen atoms in total. The molecule has 2 aliphatic rings. The molecule has 2 aromatic rings. The van der Waals surface area contributed by atoms with E-state index in [1.807, 2.05) is 0 Å². The van der Waals surface area contributed by atoms with Crippen molar-refractivity contribution in [1.29, 1.82) is 0 Å². The van der Waals surface area contributed by atoms with E-state index in [4.69, 9.17) is 21.7 Å². The number of benzene rings is 1. The van der Waals surface area contributed by atoms with Gasteiger partial charge in [-0.2, -0.15) is 4.68 Å². The molecule has 2 saturated heterocycles. The summed E-state index contributed by atoms with van der Waals surface area (Å²) in [5, 5.41) is 7.72. The molecule has 0 saturated carbocycles. The Hall–Kier alpha value is -2.04. The Bertz CT molecular complexity index is 852. The number of hydrogen-bond donors (Lipinski definition) is 0. The fourth-order valence-electron chi connectivity index (χ4n) is 2.74. The number of ketones is 1. The van der Waals surface area contributed by atoms with Gasteiger partial charge in [-0.25, -0.2) is 13.5 Å². The van der Waals surface area contributed by atoms with Gasteiger partial charge >= 0.3 is 0 Å². The van der Waals surface area contributed by atoms with Crippen molar-refractivity contribution in [3.05, 3.63) is 34.6 Å². The highest BCUT2D eigenvalue weighted by molar-refractivity contribution is 7.71. The first-order chi connectivity index (χ1) is 11.0. The number of ether oxygens (including phenoxy) is 2. The van der Waals surface area contributed by atoms with E-state index in [0.717, 1.165) is 16.8 Å². The van der Waals surface area contributed by atoms with Crippen molar-refractivity contribution in [3.63, 3.8) is 0 Å². The Morgan fingerprint density at radius 1 is 1.30 bits per heavy atom. The molecule has 3 atom stereocenters. The molecule has 0 aliphatic carbocycles. The number of carbonyl (C=O) groups is 1. The van der Waals surface area contributed by atoms with Gasteiger partial charge in [-0.15, -0.1) is 0 Å². The molecule has 120 valence electrons. The number of hydrogen-bond acceptors (Lipinski definition) is 6. The van der Waals surface area contributed by atoms with E-state index in [9.17, 15) is 13.6 Å². The molecular weight excluding hydrogens is 330 g/mol. The van der Waals surface area contributed by atoms with Crippen LogP contribution in [0.4, 0.5) is 8.78 Å². The predicted molar refractivity (Wildman–Crippen MR) is 73.4 cm³/mol. The van der Waals surface area contributed by atoms with Crippen molar-refractivity contribution in [3.8, 4) is 5.69 Å². The van der Waals surface area contributed by atoms with E-state index in [2.05, 4.69) is 10.4 Å². The van der Waals surface area contributed by atoms with Gasteiger partial charge in [0, 0.05) is 12.5 Å². The Labute approximate surface area is 133 Å². The molecule has 2 aliphatic heterocycles. The molecule has 3 heterocycles. The zero-order chi connectivity index (χ0) is 16.1. The summed E-state index contributed by atoms with van der Waals surface area (Å²) in [5.74, 6) is -1.72. The van der Waals surface area contributed by atoms with Gasteiger partial charge in [0.15, 0.2) is 11.6 Å². The van der Waals surface area contributed by atoms with E-state index in [1.54, 1.807) is 0 Å². The van der Waals surface area contributed by atoms with E-state index in [1.165, 1.54) is 10.7 Å². The number of carbonyl (C=O) groups excluding carboxylic acids is 1. The summed E-state index contributed by atoms with van der Waals surface area (Å²) < 4.78 is 40.1. The third-order valence-electron chi connectivity index (χ3n) is 3.87. The molecule has 23 heavy (non-hydrogen) atoms. The Kier molecular flexibility index (Phi) is 3.32. The molecule has 0 spiro atoms. The van der Waals surface area contributed by atoms with Crippen LogP contribution in [-0.2, 0) is 14.3 Å². The number of Topliss-reactive ketones (excluding diaryl/α,β-unsaturated/α-hetero) is 1. The van der Waals surface area contributed by atoms with Crippen molar-refractivity contribution < 1.29 is 23.0 Å². The van der Waals surface area contributed by atoms with Crippen LogP contribution in [0.15, 0.2) is 18.2 Å². The zero-order valence-electron chi connectivity index (χ0n) is 11.6. The fraction of sp³-hybridized carbons (Fsp3) is 0.385. The SMILES string of the molecule is O=C1C[C@H](n2nnn(-c3ccc(F)cc3F)c2=S)[C@H]2CO[C@@H]1O2. The van der Waals surface area contributed by atoms with E-state index >= 15 is 0 Å². The van der Waals surface area contributed by atoms with Crippen LogP contribution in [0.1, 0.15) is 12.5 Å². The molecule has 1 aromatic carbocycles. The lowest BCUT2D eigenvalue weighted by Crippen LogP contribution is -2.37. The number of aromatic nitrogens is 4. The van der Waals surface area contributed by atoms with Gasteiger partial charge in [-0.3, -0.25) is 4.79 Å². The average molecular weight is 340 g/mol. The first kappa shape index (κ1) is 14.5. The van der Waals surface area contributed by atoms with Gasteiger partial charge in [-0.1, -0.05) is 0 Å². The van der Waals surface area contributed by atoms with Crippen LogP contribution in [0.5, 0.6) is 0 Å². The minimum atomic E-state index is -0.824. The molecule has 0 radical (unpaired) electrons. The fourth-order valence-corrected chi connectivity index (χ4v) is 3.04. The molecule has 0 N–H and O–H groups in total. The summed E-state index contributed by atoms with van der Waals surface area (Å²) in [7, 11) is 0. The maximum Gasteiger partial charge on any atom is 0.221 e. The number of rotatable bonds is 2. The third kappa shape index (κ3) is 2.30. The van der Waals surface area contributed by atoms with Crippen LogP contribution in [0.25, 0.3) is 5.69 Å². The van der Waals surface area contributed by atoms with Gasteiger partial charge in [-0.05, 0) is 34.8 Å². The average Bonchev–Trinajstić information content (AvgIpc) is 3.09. The highest BCUT2D eigenvalue weighted by Crippen LogP contribution is 2.32. The largest absolute Gasteiger partial charge is 0.343 e. The third-order valence-corrected chi connectivity index (χ3v) is 4.23. The number of fused-ring (bicyclic) bond motifs is 2. The smallest absolute Gasteiger partial charge is 0.221 e. The van der Waals surface area contributed by atoms with Gasteiger partial charge < -0.3 is 9.47 Å². The Morgan fingerprint density at radius 3 is 2.91 bits per heavy atom. The second-order valence-electron chi connectivity index (χ2n) is 5.29. The van der Waals surface area contributed by atoms with Crippen LogP contribution in [0.3, 0.4) is 0 Å². The number of halogens is 2. The standard InChI is InChI=1S/C13H10F2N4O3S/c14-6-1-2-8(7(15)3-6)18-13(23)19(17-16-18)9-4-10(20)12-21-5-11(9)22-12/h1-3,9,11-12H,4-5H2/t9-,11+,12+/m0/s1. The lowest BCUT2D eigenvalue weighted by molar-refractivity contribution is -0.156. The summed E-state index contributed by atoms with van der Waals surface area (Å²) in [5.41, 5.74) is -0.0220. The highest BCUT2D eigenvalue weighted by Gasteiger charge is 2.45. The van der Waals surface area contributed by atoms with Crippen molar-refractivity contribution in [2.24, 2.45) is 0 Å². The molecule has 0 amide bonds. The van der Waals surface area contributed by atoms with Crippen molar-refractivity contribution in [2.75, 3.05) is 6.61 Å². The van der Waals surface area contributed by atoms with Crippen LogP contribution < -0.4 is 0 Å². The normalized spacial score (nSPS) is 26.7. The molecule has 2 bridgehead atoms. The van der Waals surface area contributed by atoms with Crippen LogP contribution in [0.2, 0.25) is 0 Å². The Morgan fingerprint density at radius 2 is 2.13 bits per heavy atom. The van der Waals surface area contributed by atoms with E-state index in [0.29, 0.717) is 0 Å². The van der Waals surface area contributed by atoms with Crippen molar-refractivity contribution in [1.82, 2.24) is 19.8 Å². The maximum absolute atomic E-state index is 13.9. The van der Waals surface area contributed by atoms with Crippen LogP contribution >= 0.6 is 12.2 Å². The topological polar surface area (TPSA) is 71.2 Å². The summed E-state index contributed by atoms with van der Waals surface area (Å²) in [6.07, 6.45) is -1.04. The van der Waals surface area contributed by atoms with Gasteiger partial charge in [0.2, 0.25) is 11.1 Å². The summed E-state index contributed by atoms with van der Waals surface area (Å²) in [6.45, 7) is 0.251. The van der Waals surface area contributed by atoms with Crippen molar-refractivity contribution >= 4 is 18.0 Å². The zero-order valence-corrected chi connectivity index (χ0v) is 12.4. The van der Waals surface area contributed by atoms with E-state index < -0.39 is 24.0 Å². The number of tetrazole rings is 1. The van der Waals surface area contributed by atoms with Crippen molar-refractivity contribution in [2.45, 2.75) is 24.9 Å². The lowest BCUT2D eigenvalue weighted by atomic mass is 10.0. The predicted octanol–water partition coefficient (Wildman–Crippen LogP) is 1.33. The van der Waals surface area contributed by atoms with E-state index in [-0.39, 0.29) is 35.4 Å². The molecule has 10 heteroatoms. The molecule has 0 unspecified atom stereocenters. The maximum atomic E-state index is 13.9. The highest BCUT2D eigenvalue weighted by atomic mass is 32.1. The molecule has 1 aromatic heterocycles. The molecular formula is C13H10F2N4O3S. The van der Waals surface area contributed by atoms with Crippen LogP contribution in [0, 0.1) is 16.4 Å². The number of nitrogens with zero attached hydrogens (tertiary/aromatic N) is 4. The summed E-state index contributed by atoms with van der Waals surface area (Å²) >= 11 is 5.27. The molecule has 2 fully saturated rings. The second-order valence-corrected chi connectivity index (χ2v) is 5.66. The van der Waals surface area contributed by atoms with Gasteiger partial charge in [0.1, 0.15) is 17.6 Å². The minimum absolute atomic E-state index is 0.0220. The van der Waals surface area contributed by atoms with Gasteiger partial charge in [0.25, 0.3) is 0 Å². The van der Waals surface area contributed by atoms with Gasteiger partial charge in [0.05, 0.1) is 12.6 Å². The lowest BCUT2D eigenvalue weighted by Gasteiger charge is -2.25. The Balaban J connectivity index is 1.74. The summed E-state index contributed by atoms with van der Waals surface area (Å²) in [6, 6.07) is 2.59. The monoisotopic (exact) mass is 340 g/mol.